The summed E-state index contributed by atoms with van der Waals surface area (Å²) in [5, 5.41) is 3.06. The third kappa shape index (κ3) is 3.49. The fraction of sp³-hybridized carbons (Fsp3) is 0.538. The highest BCUT2D eigenvalue weighted by atomic mass is 79.9. The van der Waals surface area contributed by atoms with Gasteiger partial charge >= 0.3 is 0 Å². The first-order valence-electron chi connectivity index (χ1n) is 6.13. The Morgan fingerprint density at radius 1 is 1.39 bits per heavy atom. The lowest BCUT2D eigenvalue weighted by atomic mass is 10.1. The van der Waals surface area contributed by atoms with Crippen LogP contribution in [0.15, 0.2) is 16.6 Å². The van der Waals surface area contributed by atoms with Gasteiger partial charge in [0.05, 0.1) is 10.6 Å². The van der Waals surface area contributed by atoms with Crippen molar-refractivity contribution < 1.29 is 13.5 Å². The summed E-state index contributed by atoms with van der Waals surface area (Å²) in [5.41, 5.74) is 0.0803. The summed E-state index contributed by atoms with van der Waals surface area (Å²) >= 11 is 3.05. The molecule has 0 saturated carbocycles. The first-order chi connectivity index (χ1) is 8.68. The lowest BCUT2D eigenvalue weighted by Gasteiger charge is -2.11. The second kappa shape index (κ2) is 6.59. The zero-order valence-corrected chi connectivity index (χ0v) is 11.6. The summed E-state index contributed by atoms with van der Waals surface area (Å²) in [6.07, 6.45) is 3.38. The molecule has 1 aromatic rings. The van der Waals surface area contributed by atoms with Gasteiger partial charge in [-0.15, -0.1) is 0 Å². The predicted octanol–water partition coefficient (Wildman–Crippen LogP) is 3.39. The van der Waals surface area contributed by atoms with Crippen LogP contribution in [0.5, 0.6) is 0 Å². The molecule has 1 N–H and O–H groups in total. The van der Waals surface area contributed by atoms with Crippen molar-refractivity contribution in [1.29, 1.82) is 0 Å². The molecule has 2 rings (SSSR count). The highest BCUT2D eigenvalue weighted by Gasteiger charge is 2.15. The average Bonchev–Trinajstić information content (AvgIpc) is 2.86. The number of hydrogen-bond acceptors (Lipinski definition) is 2. The topological polar surface area (TPSA) is 21.3 Å². The van der Waals surface area contributed by atoms with Gasteiger partial charge in [-0.1, -0.05) is 0 Å². The molecule has 0 amide bonds. The summed E-state index contributed by atoms with van der Waals surface area (Å²) in [7, 11) is 0. The number of halogens is 3. The van der Waals surface area contributed by atoms with E-state index in [2.05, 4.69) is 21.2 Å². The molecule has 1 aliphatic heterocycles. The fourth-order valence-electron chi connectivity index (χ4n) is 2.08. The van der Waals surface area contributed by atoms with E-state index in [0.717, 1.165) is 25.9 Å². The van der Waals surface area contributed by atoms with E-state index in [1.807, 2.05) is 0 Å². The largest absolute Gasteiger partial charge is 0.378 e. The van der Waals surface area contributed by atoms with Crippen LogP contribution >= 0.6 is 15.9 Å². The minimum Gasteiger partial charge on any atom is -0.378 e. The van der Waals surface area contributed by atoms with E-state index < -0.39 is 11.6 Å². The Hall–Kier alpha value is -0.520. The van der Waals surface area contributed by atoms with Crippen molar-refractivity contribution >= 4 is 15.9 Å². The van der Waals surface area contributed by atoms with Crippen LogP contribution in [-0.2, 0) is 11.3 Å². The van der Waals surface area contributed by atoms with Crippen LogP contribution in [0.25, 0.3) is 0 Å². The van der Waals surface area contributed by atoms with E-state index in [1.165, 1.54) is 12.1 Å². The lowest BCUT2D eigenvalue weighted by molar-refractivity contribution is 0.104. The third-order valence-corrected chi connectivity index (χ3v) is 3.72. The van der Waals surface area contributed by atoms with Crippen LogP contribution in [0.1, 0.15) is 24.8 Å². The molecule has 1 fully saturated rings. The van der Waals surface area contributed by atoms with Gasteiger partial charge in [0, 0.05) is 18.7 Å². The van der Waals surface area contributed by atoms with Crippen LogP contribution in [-0.4, -0.2) is 19.3 Å². The molecule has 1 saturated heterocycles. The molecule has 5 heteroatoms. The summed E-state index contributed by atoms with van der Waals surface area (Å²) in [5.74, 6) is -1.04. The van der Waals surface area contributed by atoms with Crippen LogP contribution in [0.2, 0.25) is 0 Å². The van der Waals surface area contributed by atoms with Gasteiger partial charge in [0.15, 0.2) is 0 Å². The van der Waals surface area contributed by atoms with E-state index in [0.29, 0.717) is 17.1 Å². The van der Waals surface area contributed by atoms with E-state index in [-0.39, 0.29) is 12.1 Å². The zero-order chi connectivity index (χ0) is 13.0. The van der Waals surface area contributed by atoms with Crippen LogP contribution < -0.4 is 5.32 Å². The van der Waals surface area contributed by atoms with Crippen LogP contribution in [0.4, 0.5) is 8.78 Å². The first-order valence-corrected chi connectivity index (χ1v) is 6.92. The molecule has 1 unspecified atom stereocenters. The highest BCUT2D eigenvalue weighted by Crippen LogP contribution is 2.21. The van der Waals surface area contributed by atoms with Gasteiger partial charge in [-0.2, -0.15) is 0 Å². The summed E-state index contributed by atoms with van der Waals surface area (Å²) in [6.45, 7) is 1.74. The number of rotatable bonds is 5. The molecule has 0 spiro atoms. The molecule has 0 radical (unpaired) electrons. The molecular formula is C13H16BrF2NO. The predicted molar refractivity (Wildman–Crippen MR) is 69.4 cm³/mol. The van der Waals surface area contributed by atoms with E-state index in [1.54, 1.807) is 0 Å². The maximum atomic E-state index is 13.6. The van der Waals surface area contributed by atoms with Crippen molar-refractivity contribution in [2.24, 2.45) is 0 Å². The Kier molecular flexibility index (Phi) is 5.09. The Morgan fingerprint density at radius 3 is 2.94 bits per heavy atom. The van der Waals surface area contributed by atoms with Gasteiger partial charge in [0.2, 0.25) is 0 Å². The quantitative estimate of drug-likeness (QED) is 0.663. The van der Waals surface area contributed by atoms with E-state index >= 15 is 0 Å². The molecule has 2 nitrogen and oxygen atoms in total. The second-order valence-corrected chi connectivity index (χ2v) is 5.28. The summed E-state index contributed by atoms with van der Waals surface area (Å²) in [4.78, 5) is 0. The van der Waals surface area contributed by atoms with Gasteiger partial charge in [-0.25, -0.2) is 8.78 Å². The first kappa shape index (κ1) is 13.9. The second-order valence-electron chi connectivity index (χ2n) is 4.42. The van der Waals surface area contributed by atoms with Gasteiger partial charge in [-0.3, -0.25) is 0 Å². The summed E-state index contributed by atoms with van der Waals surface area (Å²) < 4.78 is 32.8. The van der Waals surface area contributed by atoms with Gasteiger partial charge in [-0.05, 0) is 53.9 Å². The van der Waals surface area contributed by atoms with Crippen molar-refractivity contribution in [2.75, 3.05) is 13.2 Å². The van der Waals surface area contributed by atoms with Crippen LogP contribution in [0, 0.1) is 11.6 Å². The minimum absolute atomic E-state index is 0.0803. The molecule has 100 valence electrons. The molecule has 1 aromatic carbocycles. The SMILES string of the molecule is Fc1ccc(Br)c(F)c1CNCCC1CCCO1. The monoisotopic (exact) mass is 319 g/mol. The van der Waals surface area contributed by atoms with Crippen molar-refractivity contribution in [1.82, 2.24) is 5.32 Å². The van der Waals surface area contributed by atoms with Gasteiger partial charge in [0.25, 0.3) is 0 Å². The smallest absolute Gasteiger partial charge is 0.144 e. The maximum Gasteiger partial charge on any atom is 0.144 e. The molecule has 1 heterocycles. The van der Waals surface area contributed by atoms with Gasteiger partial charge in [0.1, 0.15) is 11.6 Å². The Labute approximate surface area is 114 Å². The number of benzene rings is 1. The third-order valence-electron chi connectivity index (χ3n) is 3.11. The normalized spacial score (nSPS) is 19.4. The molecule has 1 atom stereocenters. The van der Waals surface area contributed by atoms with Crippen molar-refractivity contribution in [2.45, 2.75) is 31.9 Å². The molecular weight excluding hydrogens is 304 g/mol. The molecule has 0 aliphatic carbocycles. The number of nitrogens with one attached hydrogen (secondary N) is 1. The van der Waals surface area contributed by atoms with E-state index in [9.17, 15) is 8.78 Å². The molecule has 0 bridgehead atoms. The van der Waals surface area contributed by atoms with Crippen molar-refractivity contribution in [3.63, 3.8) is 0 Å². The van der Waals surface area contributed by atoms with Crippen molar-refractivity contribution in [3.8, 4) is 0 Å². The molecule has 1 aliphatic rings. The number of hydrogen-bond donors (Lipinski definition) is 1. The number of ether oxygens (including phenoxy) is 1. The Balaban J connectivity index is 1.80. The average molecular weight is 320 g/mol. The Morgan fingerprint density at radius 2 is 2.22 bits per heavy atom. The summed E-state index contributed by atoms with van der Waals surface area (Å²) in [6, 6.07) is 2.64. The fourth-order valence-corrected chi connectivity index (χ4v) is 2.45. The Bertz CT molecular complexity index is 408. The lowest BCUT2D eigenvalue weighted by Crippen LogP contribution is -2.21. The van der Waals surface area contributed by atoms with E-state index in [4.69, 9.17) is 4.74 Å². The van der Waals surface area contributed by atoms with Gasteiger partial charge < -0.3 is 10.1 Å². The molecule has 18 heavy (non-hydrogen) atoms. The van der Waals surface area contributed by atoms with Crippen molar-refractivity contribution in [3.05, 3.63) is 33.8 Å². The highest BCUT2D eigenvalue weighted by molar-refractivity contribution is 9.10. The maximum absolute atomic E-state index is 13.6. The molecule has 0 aromatic heterocycles. The zero-order valence-electron chi connectivity index (χ0n) is 10.0. The van der Waals surface area contributed by atoms with Crippen LogP contribution in [0.3, 0.4) is 0 Å². The minimum atomic E-state index is -0.528. The standard InChI is InChI=1S/C13H16BrF2NO/c14-11-3-4-12(15)10(13(11)16)8-17-6-5-9-2-1-7-18-9/h3-4,9,17H,1-2,5-8H2.